The molecular weight excluding hydrogens is 348 g/mol. The highest BCUT2D eigenvalue weighted by atomic mass is 16.2. The van der Waals surface area contributed by atoms with Crippen molar-refractivity contribution >= 4 is 12.0 Å². The van der Waals surface area contributed by atoms with Gasteiger partial charge in [-0.3, -0.25) is 9.69 Å². The van der Waals surface area contributed by atoms with Crippen LogP contribution in [-0.2, 0) is 17.8 Å². The van der Waals surface area contributed by atoms with Crippen LogP contribution in [0.5, 0.6) is 0 Å². The van der Waals surface area contributed by atoms with Gasteiger partial charge in [-0.05, 0) is 25.3 Å². The fraction of sp³-hybridized carbons (Fsp3) is 0.435. The second-order valence-electron chi connectivity index (χ2n) is 7.93. The van der Waals surface area contributed by atoms with Crippen molar-refractivity contribution in [3.8, 4) is 0 Å². The SMILES string of the molecule is CC(=O)N1CCCC1c1ncc2c(n1)CCN(C/C(C)=C/c1ccccc1)C2. The molecule has 1 aromatic heterocycles. The molecule has 2 aliphatic heterocycles. The number of benzene rings is 1. The van der Waals surface area contributed by atoms with Crippen molar-refractivity contribution in [3.05, 3.63) is 64.7 Å². The van der Waals surface area contributed by atoms with Gasteiger partial charge in [0.2, 0.25) is 5.91 Å². The van der Waals surface area contributed by atoms with Gasteiger partial charge in [-0.2, -0.15) is 0 Å². The molecule has 0 aliphatic carbocycles. The van der Waals surface area contributed by atoms with Crippen LogP contribution < -0.4 is 0 Å². The summed E-state index contributed by atoms with van der Waals surface area (Å²) in [6, 6.07) is 10.5. The summed E-state index contributed by atoms with van der Waals surface area (Å²) in [6.45, 7) is 7.50. The lowest BCUT2D eigenvalue weighted by atomic mass is 10.1. The summed E-state index contributed by atoms with van der Waals surface area (Å²) in [5.74, 6) is 0.940. The van der Waals surface area contributed by atoms with Crippen LogP contribution in [-0.4, -0.2) is 45.3 Å². The van der Waals surface area contributed by atoms with E-state index in [0.717, 1.165) is 57.0 Å². The molecule has 0 N–H and O–H groups in total. The summed E-state index contributed by atoms with van der Waals surface area (Å²) in [6.07, 6.45) is 7.18. The minimum atomic E-state index is 0.0527. The zero-order valence-electron chi connectivity index (χ0n) is 16.8. The van der Waals surface area contributed by atoms with Crippen molar-refractivity contribution in [2.75, 3.05) is 19.6 Å². The van der Waals surface area contributed by atoms with Gasteiger partial charge in [0.05, 0.1) is 6.04 Å². The Hall–Kier alpha value is -2.53. The first kappa shape index (κ1) is 18.8. The third kappa shape index (κ3) is 4.14. The van der Waals surface area contributed by atoms with Crippen LogP contribution in [0.3, 0.4) is 0 Å². The number of fused-ring (bicyclic) bond motifs is 1. The summed E-state index contributed by atoms with van der Waals surface area (Å²) in [7, 11) is 0. The maximum absolute atomic E-state index is 11.9. The van der Waals surface area contributed by atoms with Crippen molar-refractivity contribution in [1.29, 1.82) is 0 Å². The van der Waals surface area contributed by atoms with E-state index in [4.69, 9.17) is 4.98 Å². The molecule has 1 atom stereocenters. The molecule has 28 heavy (non-hydrogen) atoms. The Bertz CT molecular complexity index is 877. The molecule has 0 saturated carbocycles. The predicted octanol–water partition coefficient (Wildman–Crippen LogP) is 3.62. The smallest absolute Gasteiger partial charge is 0.220 e. The largest absolute Gasteiger partial charge is 0.333 e. The maximum Gasteiger partial charge on any atom is 0.220 e. The lowest BCUT2D eigenvalue weighted by Crippen LogP contribution is -2.34. The van der Waals surface area contributed by atoms with E-state index in [2.05, 4.69) is 47.1 Å². The highest BCUT2D eigenvalue weighted by Crippen LogP contribution is 2.30. The minimum absolute atomic E-state index is 0.0527. The molecule has 0 radical (unpaired) electrons. The Balaban J connectivity index is 1.43. The molecule has 2 aromatic rings. The zero-order chi connectivity index (χ0) is 19.5. The van der Waals surface area contributed by atoms with E-state index in [1.807, 2.05) is 17.2 Å². The van der Waals surface area contributed by atoms with E-state index >= 15 is 0 Å². The monoisotopic (exact) mass is 376 g/mol. The molecule has 1 fully saturated rings. The van der Waals surface area contributed by atoms with Crippen molar-refractivity contribution in [1.82, 2.24) is 19.8 Å². The zero-order valence-corrected chi connectivity index (χ0v) is 16.8. The number of aromatic nitrogens is 2. The average molecular weight is 377 g/mol. The van der Waals surface area contributed by atoms with Crippen LogP contribution in [0, 0.1) is 0 Å². The second kappa shape index (κ2) is 8.23. The van der Waals surface area contributed by atoms with Gasteiger partial charge >= 0.3 is 0 Å². The van der Waals surface area contributed by atoms with Gasteiger partial charge in [0.25, 0.3) is 0 Å². The lowest BCUT2D eigenvalue weighted by Gasteiger charge is -2.29. The van der Waals surface area contributed by atoms with Crippen LogP contribution >= 0.6 is 0 Å². The van der Waals surface area contributed by atoms with E-state index in [9.17, 15) is 4.79 Å². The van der Waals surface area contributed by atoms with Gasteiger partial charge in [-0.25, -0.2) is 9.97 Å². The fourth-order valence-corrected chi connectivity index (χ4v) is 4.33. The van der Waals surface area contributed by atoms with Crippen LogP contribution in [0.25, 0.3) is 6.08 Å². The maximum atomic E-state index is 11.9. The van der Waals surface area contributed by atoms with E-state index in [1.165, 1.54) is 16.7 Å². The van der Waals surface area contributed by atoms with Gasteiger partial charge < -0.3 is 4.90 Å². The van der Waals surface area contributed by atoms with E-state index in [-0.39, 0.29) is 11.9 Å². The second-order valence-corrected chi connectivity index (χ2v) is 7.93. The van der Waals surface area contributed by atoms with E-state index in [1.54, 1.807) is 6.92 Å². The van der Waals surface area contributed by atoms with Gasteiger partial charge in [0.1, 0.15) is 0 Å². The molecule has 1 saturated heterocycles. The molecule has 1 amide bonds. The van der Waals surface area contributed by atoms with Gasteiger partial charge in [0, 0.05) is 57.0 Å². The Morgan fingerprint density at radius 2 is 2.04 bits per heavy atom. The summed E-state index contributed by atoms with van der Waals surface area (Å²) in [4.78, 5) is 25.7. The number of hydrogen-bond donors (Lipinski definition) is 0. The van der Waals surface area contributed by atoms with Crippen LogP contribution in [0.2, 0.25) is 0 Å². The Kier molecular flexibility index (Phi) is 5.53. The number of hydrogen-bond acceptors (Lipinski definition) is 4. The van der Waals surface area contributed by atoms with Crippen molar-refractivity contribution in [3.63, 3.8) is 0 Å². The van der Waals surface area contributed by atoms with E-state index in [0.29, 0.717) is 0 Å². The molecule has 1 unspecified atom stereocenters. The van der Waals surface area contributed by atoms with Crippen molar-refractivity contribution in [2.45, 2.75) is 45.7 Å². The molecule has 146 valence electrons. The van der Waals surface area contributed by atoms with Gasteiger partial charge in [0.15, 0.2) is 5.82 Å². The fourth-order valence-electron chi connectivity index (χ4n) is 4.33. The normalized spacial score (nSPS) is 20.3. The van der Waals surface area contributed by atoms with Crippen LogP contribution in [0.1, 0.15) is 55.4 Å². The van der Waals surface area contributed by atoms with Gasteiger partial charge in [-0.15, -0.1) is 0 Å². The summed E-state index contributed by atoms with van der Waals surface area (Å²) in [5, 5.41) is 0. The first-order valence-corrected chi connectivity index (χ1v) is 10.2. The third-order valence-corrected chi connectivity index (χ3v) is 5.67. The molecule has 1 aromatic carbocycles. The van der Waals surface area contributed by atoms with Crippen molar-refractivity contribution < 1.29 is 4.79 Å². The number of rotatable bonds is 4. The number of carbonyl (C=O) groups is 1. The number of carbonyl (C=O) groups excluding carboxylic acids is 1. The molecule has 0 bridgehead atoms. The molecule has 4 rings (SSSR count). The number of likely N-dealkylation sites (tertiary alicyclic amines) is 1. The summed E-state index contributed by atoms with van der Waals surface area (Å²) >= 11 is 0. The molecule has 2 aliphatic rings. The lowest BCUT2D eigenvalue weighted by molar-refractivity contribution is -0.129. The number of nitrogens with zero attached hydrogens (tertiary/aromatic N) is 4. The average Bonchev–Trinajstić information content (AvgIpc) is 3.18. The molecular formula is C23H28N4O. The Labute approximate surface area is 167 Å². The standard InChI is InChI=1S/C23H28N4O/c1-17(13-19-7-4-3-5-8-19)15-26-12-10-21-20(16-26)14-24-23(25-21)22-9-6-11-27(22)18(2)28/h3-5,7-8,13-14,22H,6,9-12,15-16H2,1-2H3/b17-13+. The minimum Gasteiger partial charge on any atom is -0.333 e. The highest BCUT2D eigenvalue weighted by molar-refractivity contribution is 5.74. The van der Waals surface area contributed by atoms with Crippen LogP contribution in [0.15, 0.2) is 42.1 Å². The summed E-state index contributed by atoms with van der Waals surface area (Å²) < 4.78 is 0. The Morgan fingerprint density at radius 3 is 2.82 bits per heavy atom. The number of amides is 1. The molecule has 0 spiro atoms. The van der Waals surface area contributed by atoms with Gasteiger partial charge in [-0.1, -0.05) is 42.0 Å². The quantitative estimate of drug-likeness (QED) is 0.818. The summed E-state index contributed by atoms with van der Waals surface area (Å²) in [5.41, 5.74) is 4.98. The first-order chi connectivity index (χ1) is 13.6. The molecule has 5 nitrogen and oxygen atoms in total. The predicted molar refractivity (Wildman–Crippen MR) is 110 cm³/mol. The van der Waals surface area contributed by atoms with Crippen LogP contribution in [0.4, 0.5) is 0 Å². The molecule has 5 heteroatoms. The third-order valence-electron chi connectivity index (χ3n) is 5.67. The van der Waals surface area contributed by atoms with E-state index < -0.39 is 0 Å². The highest BCUT2D eigenvalue weighted by Gasteiger charge is 2.31. The topological polar surface area (TPSA) is 49.3 Å². The first-order valence-electron chi connectivity index (χ1n) is 10.2. The van der Waals surface area contributed by atoms with Crippen molar-refractivity contribution in [2.24, 2.45) is 0 Å². The Morgan fingerprint density at radius 1 is 1.21 bits per heavy atom. The molecule has 3 heterocycles.